The summed E-state index contributed by atoms with van der Waals surface area (Å²) in [5.74, 6) is -0.364. The first-order chi connectivity index (χ1) is 8.45. The van der Waals surface area contributed by atoms with Gasteiger partial charge in [-0.1, -0.05) is 15.9 Å². The number of carbonyl (C=O) groups excluding carboxylic acids is 2. The van der Waals surface area contributed by atoms with Gasteiger partial charge in [0.1, 0.15) is 6.10 Å². The predicted molar refractivity (Wildman–Crippen MR) is 73.9 cm³/mol. The molecule has 4 nitrogen and oxygen atoms in total. The maximum atomic E-state index is 11.8. The molecule has 0 heterocycles. The van der Waals surface area contributed by atoms with Crippen LogP contribution in [0.1, 0.15) is 31.1 Å². The highest BCUT2D eigenvalue weighted by Crippen LogP contribution is 2.21. The summed E-state index contributed by atoms with van der Waals surface area (Å²) in [7, 11) is 0. The number of anilines is 1. The van der Waals surface area contributed by atoms with E-state index in [2.05, 4.69) is 21.2 Å². The molecule has 1 aromatic rings. The van der Waals surface area contributed by atoms with Gasteiger partial charge in [-0.25, -0.2) is 0 Å². The molecule has 1 rings (SSSR count). The van der Waals surface area contributed by atoms with E-state index >= 15 is 0 Å². The monoisotopic (exact) mass is 313 g/mol. The van der Waals surface area contributed by atoms with E-state index < -0.39 is 6.10 Å². The minimum Gasteiger partial charge on any atom is -0.369 e. The molecule has 1 atom stereocenters. The van der Waals surface area contributed by atoms with Crippen LogP contribution in [0.25, 0.3) is 0 Å². The Labute approximate surface area is 115 Å². The minimum atomic E-state index is -0.543. The topological polar surface area (TPSA) is 55.4 Å². The highest BCUT2D eigenvalue weighted by Gasteiger charge is 2.16. The highest BCUT2D eigenvalue weighted by molar-refractivity contribution is 9.10. The zero-order valence-corrected chi connectivity index (χ0v) is 12.2. The average Bonchev–Trinajstić information content (AvgIpc) is 2.31. The lowest BCUT2D eigenvalue weighted by molar-refractivity contribution is -0.126. The number of hydrogen-bond donors (Lipinski definition) is 1. The van der Waals surface area contributed by atoms with Gasteiger partial charge >= 0.3 is 0 Å². The van der Waals surface area contributed by atoms with Gasteiger partial charge in [0.25, 0.3) is 5.91 Å². The molecule has 0 radical (unpaired) electrons. The van der Waals surface area contributed by atoms with Gasteiger partial charge in [-0.15, -0.1) is 0 Å². The second-order valence-corrected chi connectivity index (χ2v) is 4.75. The van der Waals surface area contributed by atoms with Gasteiger partial charge in [0.2, 0.25) is 0 Å². The third-order valence-corrected chi connectivity index (χ3v) is 2.90. The Morgan fingerprint density at radius 2 is 2.11 bits per heavy atom. The van der Waals surface area contributed by atoms with Crippen molar-refractivity contribution in [1.29, 1.82) is 0 Å². The molecule has 0 aliphatic heterocycles. The number of benzene rings is 1. The lowest BCUT2D eigenvalue weighted by Gasteiger charge is -2.14. The normalized spacial score (nSPS) is 12.0. The lowest BCUT2D eigenvalue weighted by Crippen LogP contribution is -2.28. The third kappa shape index (κ3) is 3.92. The van der Waals surface area contributed by atoms with Crippen LogP contribution < -0.4 is 5.32 Å². The molecule has 0 spiro atoms. The quantitative estimate of drug-likeness (QED) is 0.850. The second-order valence-electron chi connectivity index (χ2n) is 3.83. The van der Waals surface area contributed by atoms with E-state index in [1.807, 2.05) is 6.92 Å². The number of ketones is 1. The van der Waals surface area contributed by atoms with Crippen LogP contribution in [0, 0.1) is 0 Å². The molecule has 0 fully saturated rings. The Morgan fingerprint density at radius 3 is 2.67 bits per heavy atom. The van der Waals surface area contributed by atoms with Gasteiger partial charge in [-0.05, 0) is 39.0 Å². The van der Waals surface area contributed by atoms with E-state index in [0.29, 0.717) is 17.9 Å². The Hall–Kier alpha value is -1.20. The molecular weight excluding hydrogens is 298 g/mol. The van der Waals surface area contributed by atoms with Crippen LogP contribution in [0.4, 0.5) is 5.69 Å². The Balaban J connectivity index is 2.90. The lowest BCUT2D eigenvalue weighted by atomic mass is 10.1. The summed E-state index contributed by atoms with van der Waals surface area (Å²) >= 11 is 3.30. The van der Waals surface area contributed by atoms with Crippen LogP contribution in [0.3, 0.4) is 0 Å². The standard InChI is InChI=1S/C13H16BrNO3/c1-4-18-9(3)13(17)15-12-6-5-10(14)7-11(12)8(2)16/h5-7,9H,4H2,1-3H3,(H,15,17)/t9-/m1/s1. The van der Waals surface area contributed by atoms with Crippen LogP contribution in [-0.4, -0.2) is 24.4 Å². The summed E-state index contributed by atoms with van der Waals surface area (Å²) in [5.41, 5.74) is 0.976. The summed E-state index contributed by atoms with van der Waals surface area (Å²) in [6.45, 7) is 5.42. The second kappa shape index (κ2) is 6.66. The van der Waals surface area contributed by atoms with Crippen molar-refractivity contribution in [3.63, 3.8) is 0 Å². The number of halogens is 1. The Kier molecular flexibility index (Phi) is 5.50. The van der Waals surface area contributed by atoms with Gasteiger partial charge in [0.05, 0.1) is 5.69 Å². The minimum absolute atomic E-state index is 0.101. The molecule has 5 heteroatoms. The maximum Gasteiger partial charge on any atom is 0.253 e. The van der Waals surface area contributed by atoms with Crippen LogP contribution in [-0.2, 0) is 9.53 Å². The summed E-state index contributed by atoms with van der Waals surface area (Å²) in [6.07, 6.45) is -0.543. The molecule has 1 amide bonds. The number of ether oxygens (including phenoxy) is 1. The number of nitrogens with one attached hydrogen (secondary N) is 1. The first-order valence-corrected chi connectivity index (χ1v) is 6.48. The molecule has 0 aliphatic carbocycles. The smallest absolute Gasteiger partial charge is 0.253 e. The first-order valence-electron chi connectivity index (χ1n) is 5.68. The predicted octanol–water partition coefficient (Wildman–Crippen LogP) is 3.02. The SMILES string of the molecule is CCO[C@H](C)C(=O)Nc1ccc(Br)cc1C(C)=O. The molecule has 0 bridgehead atoms. The third-order valence-electron chi connectivity index (χ3n) is 2.40. The zero-order chi connectivity index (χ0) is 13.7. The fraction of sp³-hybridized carbons (Fsp3) is 0.385. The van der Waals surface area contributed by atoms with E-state index in [9.17, 15) is 9.59 Å². The summed E-state index contributed by atoms with van der Waals surface area (Å²) in [4.78, 5) is 23.3. The molecule has 0 unspecified atom stereocenters. The van der Waals surface area contributed by atoms with Crippen molar-refractivity contribution in [2.45, 2.75) is 26.9 Å². The van der Waals surface area contributed by atoms with Crippen molar-refractivity contribution in [3.8, 4) is 0 Å². The van der Waals surface area contributed by atoms with Gasteiger partial charge in [-0.2, -0.15) is 0 Å². The van der Waals surface area contributed by atoms with Crippen molar-refractivity contribution < 1.29 is 14.3 Å². The van der Waals surface area contributed by atoms with Crippen LogP contribution >= 0.6 is 15.9 Å². The van der Waals surface area contributed by atoms with Gasteiger partial charge in [-0.3, -0.25) is 9.59 Å². The molecule has 18 heavy (non-hydrogen) atoms. The van der Waals surface area contributed by atoms with E-state index in [1.165, 1.54) is 6.92 Å². The van der Waals surface area contributed by atoms with E-state index in [0.717, 1.165) is 4.47 Å². The highest BCUT2D eigenvalue weighted by atomic mass is 79.9. The molecule has 1 N–H and O–H groups in total. The van der Waals surface area contributed by atoms with Crippen LogP contribution in [0.2, 0.25) is 0 Å². The molecule has 1 aromatic carbocycles. The number of rotatable bonds is 5. The van der Waals surface area contributed by atoms with Crippen molar-refractivity contribution in [3.05, 3.63) is 28.2 Å². The van der Waals surface area contributed by atoms with Crippen molar-refractivity contribution in [1.82, 2.24) is 0 Å². The number of Topliss-reactive ketones (excluding diaryl/α,β-unsaturated/α-hetero) is 1. The maximum absolute atomic E-state index is 11.8. The first kappa shape index (κ1) is 14.9. The van der Waals surface area contributed by atoms with Crippen LogP contribution in [0.15, 0.2) is 22.7 Å². The van der Waals surface area contributed by atoms with Crippen molar-refractivity contribution >= 4 is 33.3 Å². The molecule has 98 valence electrons. The Bertz CT molecular complexity index is 460. The Morgan fingerprint density at radius 1 is 1.44 bits per heavy atom. The summed E-state index contributed by atoms with van der Waals surface area (Å²) in [6, 6.07) is 5.15. The van der Waals surface area contributed by atoms with E-state index in [1.54, 1.807) is 25.1 Å². The average molecular weight is 314 g/mol. The largest absolute Gasteiger partial charge is 0.369 e. The van der Waals surface area contributed by atoms with Gasteiger partial charge < -0.3 is 10.1 Å². The van der Waals surface area contributed by atoms with Crippen LogP contribution in [0.5, 0.6) is 0 Å². The van der Waals surface area contributed by atoms with E-state index in [-0.39, 0.29) is 11.7 Å². The molecule has 0 aliphatic rings. The van der Waals surface area contributed by atoms with E-state index in [4.69, 9.17) is 4.74 Å². The molecule has 0 saturated carbocycles. The van der Waals surface area contributed by atoms with Crippen molar-refractivity contribution in [2.75, 3.05) is 11.9 Å². The van der Waals surface area contributed by atoms with Gasteiger partial charge in [0, 0.05) is 16.6 Å². The number of amides is 1. The number of carbonyl (C=O) groups is 2. The molecule has 0 saturated heterocycles. The molecule has 0 aromatic heterocycles. The van der Waals surface area contributed by atoms with Crippen molar-refractivity contribution in [2.24, 2.45) is 0 Å². The summed E-state index contributed by atoms with van der Waals surface area (Å²) in [5, 5.41) is 2.70. The fourth-order valence-electron chi connectivity index (χ4n) is 1.48. The summed E-state index contributed by atoms with van der Waals surface area (Å²) < 4.78 is 5.99. The molecular formula is C13H16BrNO3. The fourth-order valence-corrected chi connectivity index (χ4v) is 1.84. The zero-order valence-electron chi connectivity index (χ0n) is 10.6. The number of hydrogen-bond acceptors (Lipinski definition) is 3. The van der Waals surface area contributed by atoms with Gasteiger partial charge in [0.15, 0.2) is 5.78 Å².